The number of pyridine rings is 1. The number of aromatic amines is 1. The van der Waals surface area contributed by atoms with Crippen molar-refractivity contribution in [1.29, 1.82) is 0 Å². The van der Waals surface area contributed by atoms with Gasteiger partial charge in [-0.25, -0.2) is 14.4 Å². The molecule has 8 heteroatoms. The molecule has 7 nitrogen and oxygen atoms in total. The molecular weight excluding hydrogens is 373 g/mol. The van der Waals surface area contributed by atoms with E-state index in [2.05, 4.69) is 20.2 Å². The van der Waals surface area contributed by atoms with E-state index in [-0.39, 0.29) is 17.8 Å². The normalized spacial score (nSPS) is 26.0. The number of aromatic nitrogens is 5. The van der Waals surface area contributed by atoms with Crippen LogP contribution in [0, 0.1) is 29.5 Å². The Kier molecular flexibility index (Phi) is 4.49. The Hall–Kier alpha value is -2.90. The largest absolute Gasteiger partial charge is 0.469 e. The Morgan fingerprint density at radius 3 is 2.79 bits per heavy atom. The van der Waals surface area contributed by atoms with Crippen molar-refractivity contribution in [3.05, 3.63) is 36.2 Å². The predicted octanol–water partition coefficient (Wildman–Crippen LogP) is 3.32. The second-order valence-electron chi connectivity index (χ2n) is 8.11. The van der Waals surface area contributed by atoms with Crippen molar-refractivity contribution in [2.45, 2.75) is 32.1 Å². The molecule has 2 bridgehead atoms. The monoisotopic (exact) mass is 395 g/mol. The summed E-state index contributed by atoms with van der Waals surface area (Å²) in [6, 6.07) is 1.39. The average Bonchev–Trinajstić information content (AvgIpc) is 3.17. The number of hydrogen-bond acceptors (Lipinski definition) is 6. The first kappa shape index (κ1) is 18.1. The number of fused-ring (bicyclic) bond motifs is 4. The van der Waals surface area contributed by atoms with Crippen molar-refractivity contribution < 1.29 is 13.9 Å². The van der Waals surface area contributed by atoms with Gasteiger partial charge in [-0.15, -0.1) is 0 Å². The third-order valence-electron chi connectivity index (χ3n) is 6.63. The lowest BCUT2D eigenvalue weighted by atomic mass is 9.57. The van der Waals surface area contributed by atoms with E-state index >= 15 is 0 Å². The lowest BCUT2D eigenvalue weighted by molar-refractivity contribution is -0.156. The number of nitrogens with zero attached hydrogens (tertiary/aromatic N) is 4. The maximum absolute atomic E-state index is 13.7. The lowest BCUT2D eigenvalue weighted by Crippen LogP contribution is -2.45. The molecular formula is C21H22FN5O2. The predicted molar refractivity (Wildman–Crippen MR) is 103 cm³/mol. The Labute approximate surface area is 167 Å². The summed E-state index contributed by atoms with van der Waals surface area (Å²) in [6.07, 6.45) is 9.72. The van der Waals surface area contributed by atoms with Crippen LogP contribution in [-0.4, -0.2) is 38.2 Å². The summed E-state index contributed by atoms with van der Waals surface area (Å²) >= 11 is 0. The molecule has 3 heterocycles. The fourth-order valence-corrected chi connectivity index (χ4v) is 5.31. The molecule has 1 N–H and O–H groups in total. The van der Waals surface area contributed by atoms with Crippen LogP contribution >= 0.6 is 0 Å². The fourth-order valence-electron chi connectivity index (χ4n) is 5.31. The number of H-pyrrole nitrogens is 1. The van der Waals surface area contributed by atoms with Crippen molar-refractivity contribution in [2.75, 3.05) is 7.11 Å². The maximum Gasteiger partial charge on any atom is 0.309 e. The molecule has 0 saturated heterocycles. The van der Waals surface area contributed by atoms with Crippen LogP contribution in [0.15, 0.2) is 24.7 Å². The molecule has 0 unspecified atom stereocenters. The molecule has 3 saturated carbocycles. The van der Waals surface area contributed by atoms with E-state index in [1.165, 1.54) is 13.2 Å². The quantitative estimate of drug-likeness (QED) is 0.681. The molecule has 29 heavy (non-hydrogen) atoms. The Morgan fingerprint density at radius 2 is 2.00 bits per heavy atom. The molecule has 3 aromatic heterocycles. The van der Waals surface area contributed by atoms with Gasteiger partial charge in [0.25, 0.3) is 0 Å². The van der Waals surface area contributed by atoms with E-state index in [9.17, 15) is 9.18 Å². The summed E-state index contributed by atoms with van der Waals surface area (Å²) in [6.45, 7) is 0. The fraction of sp³-hybridized carbons (Fsp3) is 0.476. The van der Waals surface area contributed by atoms with Gasteiger partial charge < -0.3 is 4.74 Å². The molecule has 0 radical (unpaired) electrons. The van der Waals surface area contributed by atoms with Crippen LogP contribution in [-0.2, 0) is 16.0 Å². The third kappa shape index (κ3) is 3.16. The Bertz CT molecular complexity index is 1060. The number of carbonyl (C=O) groups is 1. The number of esters is 1. The minimum Gasteiger partial charge on any atom is -0.469 e. The van der Waals surface area contributed by atoms with Gasteiger partial charge in [0.2, 0.25) is 0 Å². The summed E-state index contributed by atoms with van der Waals surface area (Å²) in [7, 11) is 1.47. The molecule has 6 rings (SSSR count). The van der Waals surface area contributed by atoms with Gasteiger partial charge >= 0.3 is 5.97 Å². The SMILES string of the molecule is COC(=O)[C@H]1C2CCC(CC2)[C@@H]1Cc1cncc(-c2[nH]nc3ncc(F)cc23)n1. The van der Waals surface area contributed by atoms with Crippen LogP contribution in [0.25, 0.3) is 22.4 Å². The van der Waals surface area contributed by atoms with Gasteiger partial charge in [0.1, 0.15) is 11.5 Å². The van der Waals surface area contributed by atoms with Crippen LogP contribution in [0.5, 0.6) is 0 Å². The van der Waals surface area contributed by atoms with Gasteiger partial charge in [-0.1, -0.05) is 0 Å². The highest BCUT2D eigenvalue weighted by Gasteiger charge is 2.47. The maximum atomic E-state index is 13.7. The van der Waals surface area contributed by atoms with E-state index in [1.807, 2.05) is 0 Å². The van der Waals surface area contributed by atoms with Gasteiger partial charge in [0.15, 0.2) is 5.65 Å². The van der Waals surface area contributed by atoms with Crippen LogP contribution in [0.4, 0.5) is 4.39 Å². The van der Waals surface area contributed by atoms with Crippen molar-refractivity contribution in [1.82, 2.24) is 25.1 Å². The lowest BCUT2D eigenvalue weighted by Gasteiger charge is -2.47. The average molecular weight is 395 g/mol. The summed E-state index contributed by atoms with van der Waals surface area (Å²) in [4.78, 5) is 25.6. The Balaban J connectivity index is 1.46. The molecule has 3 aliphatic carbocycles. The second kappa shape index (κ2) is 7.17. The van der Waals surface area contributed by atoms with E-state index < -0.39 is 5.82 Å². The van der Waals surface area contributed by atoms with Crippen LogP contribution in [0.2, 0.25) is 0 Å². The molecule has 0 amide bonds. The van der Waals surface area contributed by atoms with Crippen molar-refractivity contribution in [2.24, 2.45) is 23.7 Å². The highest BCUT2D eigenvalue weighted by Crippen LogP contribution is 2.50. The molecule has 3 aliphatic rings. The van der Waals surface area contributed by atoms with Gasteiger partial charge in [-0.3, -0.25) is 14.9 Å². The van der Waals surface area contributed by atoms with Gasteiger partial charge in [0.05, 0.1) is 42.2 Å². The first-order valence-corrected chi connectivity index (χ1v) is 10.0. The minimum absolute atomic E-state index is 0.0655. The molecule has 0 aliphatic heterocycles. The first-order valence-electron chi connectivity index (χ1n) is 10.0. The smallest absolute Gasteiger partial charge is 0.309 e. The molecule has 150 valence electrons. The number of rotatable bonds is 4. The zero-order valence-electron chi connectivity index (χ0n) is 16.1. The van der Waals surface area contributed by atoms with E-state index in [0.29, 0.717) is 40.7 Å². The zero-order chi connectivity index (χ0) is 20.0. The van der Waals surface area contributed by atoms with Gasteiger partial charge in [-0.05, 0) is 55.9 Å². The third-order valence-corrected chi connectivity index (χ3v) is 6.63. The van der Waals surface area contributed by atoms with Crippen molar-refractivity contribution >= 4 is 17.0 Å². The number of hydrogen-bond donors (Lipinski definition) is 1. The van der Waals surface area contributed by atoms with Crippen molar-refractivity contribution in [3.63, 3.8) is 0 Å². The molecule has 0 aromatic carbocycles. The highest BCUT2D eigenvalue weighted by molar-refractivity contribution is 5.89. The molecule has 3 aromatic rings. The zero-order valence-corrected chi connectivity index (χ0v) is 16.1. The first-order chi connectivity index (χ1) is 14.1. The Morgan fingerprint density at radius 1 is 1.21 bits per heavy atom. The van der Waals surface area contributed by atoms with Crippen LogP contribution in [0.3, 0.4) is 0 Å². The topological polar surface area (TPSA) is 93.7 Å². The number of halogens is 1. The number of nitrogens with one attached hydrogen (secondary N) is 1. The summed E-state index contributed by atoms with van der Waals surface area (Å²) < 4.78 is 18.8. The van der Waals surface area contributed by atoms with Gasteiger partial charge in [-0.2, -0.15) is 5.10 Å². The summed E-state index contributed by atoms with van der Waals surface area (Å²) in [5.74, 6) is 0.541. The van der Waals surface area contributed by atoms with Crippen LogP contribution in [0.1, 0.15) is 31.4 Å². The van der Waals surface area contributed by atoms with E-state index in [1.54, 1.807) is 12.4 Å². The number of methoxy groups -OCH3 is 1. The van der Waals surface area contributed by atoms with Crippen LogP contribution < -0.4 is 0 Å². The number of carbonyl (C=O) groups excluding carboxylic acids is 1. The summed E-state index contributed by atoms with van der Waals surface area (Å²) in [5.41, 5.74) is 2.44. The second-order valence-corrected chi connectivity index (χ2v) is 8.11. The number of ether oxygens (including phenoxy) is 1. The molecule has 2 atom stereocenters. The molecule has 0 spiro atoms. The standard InChI is InChI=1S/C21H22FN5O2/c1-29-21(28)18-12-4-2-11(3-5-12)15(18)7-14-9-23-10-17(25-14)19-16-6-13(22)8-24-20(16)27-26-19/h6,8-12,15,18H,2-5,7H2,1H3,(H,24,26,27)/t11?,12?,15-,18-/m0/s1. The summed E-state index contributed by atoms with van der Waals surface area (Å²) in [5, 5.41) is 7.59. The van der Waals surface area contributed by atoms with E-state index in [0.717, 1.165) is 37.6 Å². The highest BCUT2D eigenvalue weighted by atomic mass is 19.1. The van der Waals surface area contributed by atoms with Crippen molar-refractivity contribution in [3.8, 4) is 11.4 Å². The van der Waals surface area contributed by atoms with E-state index in [4.69, 9.17) is 9.72 Å². The minimum atomic E-state index is -0.427. The van der Waals surface area contributed by atoms with Gasteiger partial charge in [0, 0.05) is 6.20 Å². The molecule has 3 fully saturated rings.